The van der Waals surface area contributed by atoms with Crippen molar-refractivity contribution in [2.45, 2.75) is 0 Å². The lowest BCUT2D eigenvalue weighted by atomic mass is 10.0. The Balaban J connectivity index is 2.17. The van der Waals surface area contributed by atoms with E-state index >= 15 is 0 Å². The minimum Gasteiger partial charge on any atom is -0.256 e. The molecule has 2 heterocycles. The summed E-state index contributed by atoms with van der Waals surface area (Å²) < 4.78 is 2.61. The zero-order valence-corrected chi connectivity index (χ0v) is 10.9. The van der Waals surface area contributed by atoms with Gasteiger partial charge in [-0.3, -0.25) is 4.98 Å². The van der Waals surface area contributed by atoms with Crippen molar-refractivity contribution in [3.63, 3.8) is 0 Å². The average Bonchev–Trinajstić information content (AvgIpc) is 2.86. The zero-order valence-electron chi connectivity index (χ0n) is 10.1. The van der Waals surface area contributed by atoms with Crippen LogP contribution in [0.4, 0.5) is 0 Å². The molecule has 0 unspecified atom stereocenters. The van der Waals surface area contributed by atoms with Gasteiger partial charge in [-0.1, -0.05) is 30.3 Å². The Hall–Kier alpha value is -2.19. The van der Waals surface area contributed by atoms with E-state index in [4.69, 9.17) is 0 Å². The Morgan fingerprint density at radius 3 is 2.68 bits per heavy atom. The molecular formula is C17H10NS. The number of hydrogen-bond donors (Lipinski definition) is 0. The fourth-order valence-corrected chi connectivity index (χ4v) is 3.54. The molecule has 0 aliphatic rings. The first-order valence-electron chi connectivity index (χ1n) is 6.17. The molecular weight excluding hydrogens is 250 g/mol. The number of thiophene rings is 1. The third-order valence-electron chi connectivity index (χ3n) is 3.26. The van der Waals surface area contributed by atoms with Crippen molar-refractivity contribution in [2.75, 3.05) is 0 Å². The highest BCUT2D eigenvalue weighted by atomic mass is 32.1. The fourth-order valence-electron chi connectivity index (χ4n) is 2.43. The topological polar surface area (TPSA) is 12.9 Å². The largest absolute Gasteiger partial charge is 0.256 e. The van der Waals surface area contributed by atoms with E-state index in [-0.39, 0.29) is 0 Å². The van der Waals surface area contributed by atoms with Crippen LogP contribution in [-0.4, -0.2) is 4.98 Å². The van der Waals surface area contributed by atoms with Gasteiger partial charge in [0.15, 0.2) is 0 Å². The van der Waals surface area contributed by atoms with Crippen molar-refractivity contribution in [2.24, 2.45) is 0 Å². The molecule has 2 aromatic heterocycles. The normalized spacial score (nSPS) is 11.2. The minimum atomic E-state index is 0.983. The summed E-state index contributed by atoms with van der Waals surface area (Å²) in [7, 11) is 0. The van der Waals surface area contributed by atoms with Gasteiger partial charge in [0, 0.05) is 31.9 Å². The van der Waals surface area contributed by atoms with Gasteiger partial charge in [0.05, 0.1) is 5.69 Å². The maximum Gasteiger partial charge on any atom is 0.0714 e. The molecule has 4 rings (SSSR count). The monoisotopic (exact) mass is 260 g/mol. The van der Waals surface area contributed by atoms with E-state index in [1.165, 1.54) is 20.2 Å². The standard InChI is InChI=1S/C17H10NS/c1-2-9-15-13(6-1)17-12(7-5-10-16(17)19-15)14-8-3-4-11-18-14/h1-6,8-11H. The number of aromatic nitrogens is 1. The highest BCUT2D eigenvalue weighted by Gasteiger charge is 2.10. The summed E-state index contributed by atoms with van der Waals surface area (Å²) in [5, 5.41) is 2.56. The van der Waals surface area contributed by atoms with E-state index in [1.54, 1.807) is 0 Å². The van der Waals surface area contributed by atoms with Crippen LogP contribution >= 0.6 is 11.3 Å². The molecule has 2 heteroatoms. The van der Waals surface area contributed by atoms with Gasteiger partial charge in [-0.15, -0.1) is 11.3 Å². The van der Waals surface area contributed by atoms with Crippen LogP contribution in [0.3, 0.4) is 0 Å². The van der Waals surface area contributed by atoms with Crippen LogP contribution < -0.4 is 0 Å². The molecule has 0 fully saturated rings. The number of nitrogens with zero attached hydrogens (tertiary/aromatic N) is 1. The zero-order chi connectivity index (χ0) is 12.7. The second kappa shape index (κ2) is 4.18. The highest BCUT2D eigenvalue weighted by Crippen LogP contribution is 2.38. The van der Waals surface area contributed by atoms with Crippen LogP contribution in [0.15, 0.2) is 60.8 Å². The van der Waals surface area contributed by atoms with Crippen molar-refractivity contribution < 1.29 is 0 Å². The maximum absolute atomic E-state index is 4.46. The summed E-state index contributed by atoms with van der Waals surface area (Å²) in [6.45, 7) is 0. The van der Waals surface area contributed by atoms with Crippen molar-refractivity contribution in [3.05, 3.63) is 66.9 Å². The number of hydrogen-bond acceptors (Lipinski definition) is 2. The van der Waals surface area contributed by atoms with Gasteiger partial charge in [0.25, 0.3) is 0 Å². The molecule has 0 N–H and O–H groups in total. The summed E-state index contributed by atoms with van der Waals surface area (Å²) >= 11 is 1.82. The lowest BCUT2D eigenvalue weighted by molar-refractivity contribution is 1.33. The molecule has 0 saturated carbocycles. The number of benzene rings is 2. The lowest BCUT2D eigenvalue weighted by Crippen LogP contribution is -1.82. The summed E-state index contributed by atoms with van der Waals surface area (Å²) in [5.41, 5.74) is 2.08. The van der Waals surface area contributed by atoms with Gasteiger partial charge >= 0.3 is 0 Å². The van der Waals surface area contributed by atoms with Crippen molar-refractivity contribution in [1.82, 2.24) is 4.98 Å². The van der Waals surface area contributed by atoms with Gasteiger partial charge in [0.2, 0.25) is 0 Å². The van der Waals surface area contributed by atoms with E-state index in [9.17, 15) is 0 Å². The molecule has 0 spiro atoms. The van der Waals surface area contributed by atoms with Crippen LogP contribution in [-0.2, 0) is 0 Å². The second-order valence-corrected chi connectivity index (χ2v) is 5.49. The van der Waals surface area contributed by atoms with E-state index in [0.29, 0.717) is 0 Å². The summed E-state index contributed by atoms with van der Waals surface area (Å²) in [6, 6.07) is 22.0. The predicted octanol–water partition coefficient (Wildman–Crippen LogP) is 4.92. The highest BCUT2D eigenvalue weighted by molar-refractivity contribution is 7.25. The molecule has 0 aliphatic heterocycles. The predicted molar refractivity (Wildman–Crippen MR) is 81.4 cm³/mol. The van der Waals surface area contributed by atoms with E-state index in [2.05, 4.69) is 41.4 Å². The van der Waals surface area contributed by atoms with Crippen molar-refractivity contribution in [3.8, 4) is 11.3 Å². The Morgan fingerprint density at radius 2 is 1.79 bits per heavy atom. The number of fused-ring (bicyclic) bond motifs is 3. The van der Waals surface area contributed by atoms with Gasteiger partial charge in [-0.05, 0) is 30.3 Å². The molecule has 2 aromatic carbocycles. The molecule has 0 bridgehead atoms. The molecule has 0 amide bonds. The first-order chi connectivity index (χ1) is 9.43. The van der Waals surface area contributed by atoms with Crippen LogP contribution in [0.1, 0.15) is 0 Å². The Labute approximate surface area is 115 Å². The second-order valence-electron chi connectivity index (χ2n) is 4.41. The molecule has 0 saturated heterocycles. The molecule has 0 aliphatic carbocycles. The SMILES string of the molecule is [c]1ccc2sc3ccccc3c2c1-c1ccccn1. The summed E-state index contributed by atoms with van der Waals surface area (Å²) in [6.07, 6.45) is 1.83. The Morgan fingerprint density at radius 1 is 0.895 bits per heavy atom. The molecule has 1 nitrogen and oxygen atoms in total. The van der Waals surface area contributed by atoms with Crippen LogP contribution in [0, 0.1) is 6.07 Å². The Kier molecular flexibility index (Phi) is 2.35. The molecule has 0 atom stereocenters. The average molecular weight is 260 g/mol. The third-order valence-corrected chi connectivity index (χ3v) is 4.39. The van der Waals surface area contributed by atoms with Crippen LogP contribution in [0.25, 0.3) is 31.4 Å². The molecule has 1 radical (unpaired) electrons. The van der Waals surface area contributed by atoms with Gasteiger partial charge < -0.3 is 0 Å². The number of pyridine rings is 1. The van der Waals surface area contributed by atoms with E-state index in [1.807, 2.05) is 41.8 Å². The van der Waals surface area contributed by atoms with Gasteiger partial charge in [-0.2, -0.15) is 0 Å². The summed E-state index contributed by atoms with van der Waals surface area (Å²) in [5.74, 6) is 0. The van der Waals surface area contributed by atoms with Crippen LogP contribution in [0.5, 0.6) is 0 Å². The van der Waals surface area contributed by atoms with Gasteiger partial charge in [0.1, 0.15) is 0 Å². The quantitative estimate of drug-likeness (QED) is 0.473. The Bertz CT molecular complexity index is 862. The van der Waals surface area contributed by atoms with Crippen molar-refractivity contribution >= 4 is 31.5 Å². The number of rotatable bonds is 1. The summed E-state index contributed by atoms with van der Waals surface area (Å²) in [4.78, 5) is 4.46. The van der Waals surface area contributed by atoms with Crippen LogP contribution in [0.2, 0.25) is 0 Å². The molecule has 4 aromatic rings. The minimum absolute atomic E-state index is 0.983. The van der Waals surface area contributed by atoms with Crippen molar-refractivity contribution in [1.29, 1.82) is 0 Å². The third kappa shape index (κ3) is 1.65. The smallest absolute Gasteiger partial charge is 0.0714 e. The fraction of sp³-hybridized carbons (Fsp3) is 0. The maximum atomic E-state index is 4.46. The van der Waals surface area contributed by atoms with E-state index < -0.39 is 0 Å². The lowest BCUT2D eigenvalue weighted by Gasteiger charge is -2.02. The van der Waals surface area contributed by atoms with Gasteiger partial charge in [-0.25, -0.2) is 0 Å². The molecule has 19 heavy (non-hydrogen) atoms. The first kappa shape index (κ1) is 10.7. The first-order valence-corrected chi connectivity index (χ1v) is 6.98. The molecule has 89 valence electrons. The van der Waals surface area contributed by atoms with E-state index in [0.717, 1.165) is 11.3 Å².